The van der Waals surface area contributed by atoms with Gasteiger partial charge in [0.15, 0.2) is 0 Å². The molecule has 4 nitrogen and oxygen atoms in total. The molecule has 1 N–H and O–H groups in total. The van der Waals surface area contributed by atoms with Gasteiger partial charge >= 0.3 is 36.3 Å². The standard InChI is InChI=1S/CH2O3.La.H2O/c2-1(3)4;;/h(H2,2,3,4);;1H2/q;+3;/p-3. The molecule has 0 radical (unpaired) electrons. The summed E-state index contributed by atoms with van der Waals surface area (Å²) in [6.45, 7) is 0. The molecule has 0 amide bonds. The number of carbonyl (C=O) groups excluding carboxylic acids is 1. The fourth-order valence-corrected chi connectivity index (χ4v) is 0. The van der Waals surface area contributed by atoms with Crippen molar-refractivity contribution in [1.29, 1.82) is 0 Å². The minimum atomic E-state index is -2.33. The van der Waals surface area contributed by atoms with E-state index in [2.05, 4.69) is 0 Å². The summed E-state index contributed by atoms with van der Waals surface area (Å²) in [6, 6.07) is 0. The van der Waals surface area contributed by atoms with Crippen LogP contribution in [-0.2, 0) is 0 Å². The second-order valence-corrected chi connectivity index (χ2v) is 0.250. The van der Waals surface area contributed by atoms with Gasteiger partial charge in [-0.05, 0) is 6.16 Å². The van der Waals surface area contributed by atoms with Gasteiger partial charge in [-0.25, -0.2) is 0 Å². The maximum atomic E-state index is 8.33. The first-order valence-electron chi connectivity index (χ1n) is 0.871. The Bertz CT molecular complexity index is 30.5. The first-order chi connectivity index (χ1) is 2.73. The molecule has 0 aliphatic heterocycles. The van der Waals surface area contributed by atoms with E-state index in [4.69, 9.17) is 17.1 Å². The van der Waals surface area contributed by atoms with Crippen LogP contribution in [0, 0.1) is 34.3 Å². The Kier molecular flexibility index (Phi) is 14.6. The van der Waals surface area contributed by atoms with Crippen molar-refractivity contribution in [2.24, 2.45) is 0 Å². The van der Waals surface area contributed by atoms with Crippen LogP contribution in [0.4, 0.5) is 4.79 Å². The van der Waals surface area contributed by atoms with E-state index >= 15 is 0 Å². The predicted molar refractivity (Wildman–Crippen MR) is 7.61 cm³/mol. The van der Waals surface area contributed by atoms with Crippen LogP contribution in [0.5, 0.6) is 0 Å². The fraction of sp³-hybridized carbons (Fsp3) is 0. The molecule has 0 aromatic carbocycles. The summed E-state index contributed by atoms with van der Waals surface area (Å²) in [6.07, 6.45) is -2.33. The van der Waals surface area contributed by atoms with Crippen molar-refractivity contribution in [2.75, 3.05) is 0 Å². The van der Waals surface area contributed by atoms with Gasteiger partial charge in [-0.15, -0.1) is 0 Å². The Morgan fingerprint density at radius 2 is 1.50 bits per heavy atom. The molecule has 0 spiro atoms. The summed E-state index contributed by atoms with van der Waals surface area (Å²) in [5.41, 5.74) is 0. The molecule has 0 fully saturated rings. The molecular formula is CHLaO4. The first kappa shape index (κ1) is 9.66. The quantitative estimate of drug-likeness (QED) is 0.467. The van der Waals surface area contributed by atoms with Crippen molar-refractivity contribution in [2.45, 2.75) is 0 Å². The van der Waals surface area contributed by atoms with Crippen molar-refractivity contribution < 1.29 is 51.4 Å². The number of hydrogen-bond acceptors (Lipinski definition) is 4. The second kappa shape index (κ2) is 9.06. The van der Waals surface area contributed by atoms with Crippen molar-refractivity contribution in [3.05, 3.63) is 0 Å². The van der Waals surface area contributed by atoms with Gasteiger partial charge in [0, 0.05) is 0 Å². The number of rotatable bonds is 0. The monoisotopic (exact) mass is 216 g/mol. The SMILES string of the molecule is O=C([O-])[O-].[OH][La+2]. The molecule has 0 aromatic rings. The Labute approximate surface area is 57.3 Å². The Balaban J connectivity index is 0. The van der Waals surface area contributed by atoms with Gasteiger partial charge in [0.2, 0.25) is 0 Å². The average Bonchev–Trinajstić information content (AvgIpc) is 1.41. The molecule has 5 heteroatoms. The maximum absolute atomic E-state index is 8.33. The fourth-order valence-electron chi connectivity index (χ4n) is 0. The van der Waals surface area contributed by atoms with E-state index in [9.17, 15) is 0 Å². The molecule has 32 valence electrons. The van der Waals surface area contributed by atoms with E-state index in [0.29, 0.717) is 0 Å². The molecule has 0 saturated heterocycles. The van der Waals surface area contributed by atoms with Gasteiger partial charge in [0.25, 0.3) is 0 Å². The van der Waals surface area contributed by atoms with Gasteiger partial charge in [-0.1, -0.05) is 0 Å². The summed E-state index contributed by atoms with van der Waals surface area (Å²) in [5, 5.41) is 16.7. The van der Waals surface area contributed by atoms with E-state index in [-0.39, 0.29) is 34.3 Å². The van der Waals surface area contributed by atoms with Crippen molar-refractivity contribution in [1.82, 2.24) is 0 Å². The molecule has 0 bridgehead atoms. The number of carbonyl (C=O) groups is 1. The van der Waals surface area contributed by atoms with E-state index in [1.165, 1.54) is 0 Å². The zero-order chi connectivity index (χ0) is 5.58. The Morgan fingerprint density at radius 3 is 1.50 bits per heavy atom. The van der Waals surface area contributed by atoms with Crippen LogP contribution in [0.1, 0.15) is 0 Å². The third-order valence-corrected chi connectivity index (χ3v) is 0. The van der Waals surface area contributed by atoms with E-state index in [1.807, 2.05) is 0 Å². The number of hydrogen-bond donors (Lipinski definition) is 1. The topological polar surface area (TPSA) is 83.4 Å². The summed E-state index contributed by atoms with van der Waals surface area (Å²) in [7, 11) is 0. The third-order valence-electron chi connectivity index (χ3n) is 0. The van der Waals surface area contributed by atoms with E-state index in [1.54, 1.807) is 0 Å². The molecule has 0 saturated carbocycles. The van der Waals surface area contributed by atoms with Crippen LogP contribution < -0.4 is 10.2 Å². The van der Waals surface area contributed by atoms with E-state index in [0.717, 1.165) is 0 Å². The average molecular weight is 216 g/mol. The zero-order valence-electron chi connectivity index (χ0n) is 2.75. The Morgan fingerprint density at radius 1 is 1.50 bits per heavy atom. The van der Waals surface area contributed by atoms with Gasteiger partial charge < -0.3 is 15.0 Å². The summed E-state index contributed by atoms with van der Waals surface area (Å²) >= 11 is 0.167. The molecule has 0 aliphatic rings. The van der Waals surface area contributed by atoms with Crippen LogP contribution in [0.2, 0.25) is 0 Å². The summed E-state index contributed by atoms with van der Waals surface area (Å²) in [4.78, 5) is 8.33. The summed E-state index contributed by atoms with van der Waals surface area (Å²) < 4.78 is 7.17. The van der Waals surface area contributed by atoms with Crippen molar-refractivity contribution in [3.63, 3.8) is 0 Å². The molecule has 0 heterocycles. The van der Waals surface area contributed by atoms with Crippen molar-refractivity contribution in [3.8, 4) is 0 Å². The minimum absolute atomic E-state index is 0.167. The van der Waals surface area contributed by atoms with Crippen molar-refractivity contribution >= 4 is 6.16 Å². The molecular weight excluding hydrogens is 215 g/mol. The van der Waals surface area contributed by atoms with Crippen LogP contribution in [0.25, 0.3) is 0 Å². The van der Waals surface area contributed by atoms with Gasteiger partial charge in [-0.2, -0.15) is 0 Å². The number of carboxylic acid groups (broad SMARTS) is 2. The molecule has 0 aliphatic carbocycles. The molecule has 6 heavy (non-hydrogen) atoms. The summed E-state index contributed by atoms with van der Waals surface area (Å²) in [5.74, 6) is 0. The predicted octanol–water partition coefficient (Wildman–Crippen LogP) is -3.00. The van der Waals surface area contributed by atoms with Gasteiger partial charge in [0.1, 0.15) is 0 Å². The molecule has 0 rings (SSSR count). The van der Waals surface area contributed by atoms with Crippen LogP contribution in [0.3, 0.4) is 0 Å². The van der Waals surface area contributed by atoms with Gasteiger partial charge in [0.05, 0.1) is 0 Å². The second-order valence-electron chi connectivity index (χ2n) is 0.250. The van der Waals surface area contributed by atoms with Crippen LogP contribution >= 0.6 is 0 Å². The van der Waals surface area contributed by atoms with Gasteiger partial charge in [-0.3, -0.25) is 0 Å². The molecule has 0 atom stereocenters. The van der Waals surface area contributed by atoms with E-state index < -0.39 is 6.16 Å². The third kappa shape index (κ3) is 288. The molecule has 0 unspecified atom stereocenters. The molecule has 0 aromatic heterocycles. The van der Waals surface area contributed by atoms with Crippen LogP contribution in [0.15, 0.2) is 0 Å². The first-order valence-corrected chi connectivity index (χ1v) is 2.49. The normalized spacial score (nSPS) is 5.17. The zero-order valence-corrected chi connectivity index (χ0v) is 6.38. The van der Waals surface area contributed by atoms with Crippen LogP contribution in [-0.4, -0.2) is 8.23 Å². The Hall–Kier alpha value is 0.425.